The molecule has 0 N–H and O–H groups in total. The monoisotopic (exact) mass is 228 g/mol. The molecule has 0 spiro atoms. The van der Waals surface area contributed by atoms with Crippen LogP contribution >= 0.6 is 11.6 Å². The zero-order valence-electron chi connectivity index (χ0n) is 8.93. The smallest absolute Gasteiger partial charge is 0.182 e. The molecule has 1 fully saturated rings. The first-order valence-corrected chi connectivity index (χ1v) is 5.70. The lowest BCUT2D eigenvalue weighted by molar-refractivity contribution is 0.390. The fourth-order valence-corrected chi connectivity index (χ4v) is 1.85. The fourth-order valence-electron chi connectivity index (χ4n) is 1.66. The van der Waals surface area contributed by atoms with Crippen molar-refractivity contribution in [1.82, 2.24) is 9.97 Å². The van der Waals surface area contributed by atoms with Gasteiger partial charge in [-0.3, -0.25) is 0 Å². The number of aromatic nitrogens is 2. The topological polar surface area (TPSA) is 25.8 Å². The van der Waals surface area contributed by atoms with Crippen molar-refractivity contribution >= 4 is 11.6 Å². The summed E-state index contributed by atoms with van der Waals surface area (Å²) >= 11 is 5.76. The van der Waals surface area contributed by atoms with Gasteiger partial charge in [-0.2, -0.15) is 0 Å². The van der Waals surface area contributed by atoms with Gasteiger partial charge in [0, 0.05) is 11.8 Å². The van der Waals surface area contributed by atoms with Gasteiger partial charge in [0.1, 0.15) is 5.82 Å². The summed E-state index contributed by atoms with van der Waals surface area (Å²) in [7, 11) is 0. The summed E-state index contributed by atoms with van der Waals surface area (Å²) in [4.78, 5) is 8.24. The van der Waals surface area contributed by atoms with Crippen LogP contribution in [0.3, 0.4) is 0 Å². The van der Waals surface area contributed by atoms with E-state index in [1.165, 1.54) is 0 Å². The van der Waals surface area contributed by atoms with Crippen LogP contribution in [0, 0.1) is 5.82 Å². The van der Waals surface area contributed by atoms with Gasteiger partial charge in [0.05, 0.1) is 5.69 Å². The molecule has 1 aliphatic carbocycles. The number of halogens is 2. The Morgan fingerprint density at radius 3 is 2.47 bits per heavy atom. The van der Waals surface area contributed by atoms with Gasteiger partial charge >= 0.3 is 0 Å². The van der Waals surface area contributed by atoms with E-state index < -0.39 is 5.82 Å². The summed E-state index contributed by atoms with van der Waals surface area (Å²) in [6.45, 7) is 3.96. The normalized spacial score (nSPS) is 16.9. The molecule has 15 heavy (non-hydrogen) atoms. The van der Waals surface area contributed by atoms with Gasteiger partial charge in [-0.05, 0) is 12.8 Å². The van der Waals surface area contributed by atoms with Gasteiger partial charge in [-0.25, -0.2) is 14.4 Å². The largest absolute Gasteiger partial charge is 0.234 e. The molecule has 1 saturated carbocycles. The molecule has 4 heteroatoms. The molecule has 0 aromatic carbocycles. The van der Waals surface area contributed by atoms with Crippen molar-refractivity contribution in [2.24, 2.45) is 0 Å². The van der Waals surface area contributed by atoms with Gasteiger partial charge < -0.3 is 0 Å². The van der Waals surface area contributed by atoms with E-state index in [4.69, 9.17) is 11.6 Å². The van der Waals surface area contributed by atoms with Crippen molar-refractivity contribution in [1.29, 1.82) is 0 Å². The molecule has 1 aromatic rings. The molecule has 82 valence electrons. The average molecular weight is 229 g/mol. The number of hydrogen-bond acceptors (Lipinski definition) is 2. The van der Waals surface area contributed by atoms with Crippen molar-refractivity contribution in [2.75, 3.05) is 0 Å². The zero-order chi connectivity index (χ0) is 11.0. The highest BCUT2D eigenvalue weighted by atomic mass is 35.5. The summed E-state index contributed by atoms with van der Waals surface area (Å²) in [6.07, 6.45) is 3.19. The van der Waals surface area contributed by atoms with Gasteiger partial charge in [-0.15, -0.1) is 0 Å². The van der Waals surface area contributed by atoms with Crippen LogP contribution in [0.2, 0.25) is 5.15 Å². The third-order valence-electron chi connectivity index (χ3n) is 2.86. The minimum Gasteiger partial charge on any atom is -0.234 e. The van der Waals surface area contributed by atoms with Crippen LogP contribution in [0.25, 0.3) is 0 Å². The highest BCUT2D eigenvalue weighted by molar-refractivity contribution is 6.29. The maximum atomic E-state index is 13.7. The lowest BCUT2D eigenvalue weighted by atomic mass is 9.82. The molecule has 0 saturated heterocycles. The highest BCUT2D eigenvalue weighted by Gasteiger charge is 2.27. The van der Waals surface area contributed by atoms with Crippen molar-refractivity contribution in [3.8, 4) is 0 Å². The van der Waals surface area contributed by atoms with Crippen LogP contribution in [0.15, 0.2) is 0 Å². The molecule has 1 aliphatic rings. The SMILES string of the molecule is CC(C)c1nc(Cl)c(F)c(C2CCC2)n1. The van der Waals surface area contributed by atoms with Crippen molar-refractivity contribution < 1.29 is 4.39 Å². The van der Waals surface area contributed by atoms with E-state index >= 15 is 0 Å². The Bertz CT molecular complexity index is 375. The Morgan fingerprint density at radius 2 is 2.00 bits per heavy atom. The second kappa shape index (κ2) is 4.05. The first-order chi connectivity index (χ1) is 7.09. The second-order valence-corrected chi connectivity index (χ2v) is 4.71. The molecule has 1 aromatic heterocycles. The quantitative estimate of drug-likeness (QED) is 0.722. The fraction of sp³-hybridized carbons (Fsp3) is 0.636. The molecule has 0 unspecified atom stereocenters. The Kier molecular flexibility index (Phi) is 2.91. The van der Waals surface area contributed by atoms with Crippen LogP contribution in [0.4, 0.5) is 4.39 Å². The first-order valence-electron chi connectivity index (χ1n) is 5.32. The van der Waals surface area contributed by atoms with Gasteiger partial charge in [0.2, 0.25) is 0 Å². The van der Waals surface area contributed by atoms with Gasteiger partial charge in [-0.1, -0.05) is 31.9 Å². The van der Waals surface area contributed by atoms with Crippen LogP contribution in [0.5, 0.6) is 0 Å². The van der Waals surface area contributed by atoms with Crippen molar-refractivity contribution in [2.45, 2.75) is 44.9 Å². The van der Waals surface area contributed by atoms with Crippen molar-refractivity contribution in [3.05, 3.63) is 22.5 Å². The summed E-state index contributed by atoms with van der Waals surface area (Å²) in [6, 6.07) is 0. The van der Waals surface area contributed by atoms with Crippen LogP contribution in [0.1, 0.15) is 56.5 Å². The third kappa shape index (κ3) is 1.98. The predicted molar refractivity (Wildman–Crippen MR) is 57.7 cm³/mol. The lowest BCUT2D eigenvalue weighted by Gasteiger charge is -2.25. The average Bonchev–Trinajstić information content (AvgIpc) is 2.09. The highest BCUT2D eigenvalue weighted by Crippen LogP contribution is 2.37. The summed E-state index contributed by atoms with van der Waals surface area (Å²) < 4.78 is 13.7. The van der Waals surface area contributed by atoms with Crippen LogP contribution < -0.4 is 0 Å². The molecular formula is C11H14ClFN2. The molecule has 2 nitrogen and oxygen atoms in total. The standard InChI is InChI=1S/C11H14ClFN2/c1-6(2)11-14-9(7-4-3-5-7)8(13)10(12)15-11/h6-7H,3-5H2,1-2H3. The zero-order valence-corrected chi connectivity index (χ0v) is 9.68. The van der Waals surface area contributed by atoms with E-state index in [2.05, 4.69) is 9.97 Å². The molecule has 0 bridgehead atoms. The van der Waals surface area contributed by atoms with Gasteiger partial charge in [0.15, 0.2) is 11.0 Å². The van der Waals surface area contributed by atoms with E-state index in [0.29, 0.717) is 11.5 Å². The Balaban J connectivity index is 2.42. The molecule has 1 heterocycles. The number of nitrogens with zero attached hydrogens (tertiary/aromatic N) is 2. The molecule has 0 radical (unpaired) electrons. The first kappa shape index (κ1) is 10.8. The van der Waals surface area contributed by atoms with E-state index in [-0.39, 0.29) is 17.0 Å². The lowest BCUT2D eigenvalue weighted by Crippen LogP contribution is -2.15. The number of hydrogen-bond donors (Lipinski definition) is 0. The van der Waals surface area contributed by atoms with E-state index in [1.807, 2.05) is 13.8 Å². The number of rotatable bonds is 2. The Morgan fingerprint density at radius 1 is 1.33 bits per heavy atom. The maximum Gasteiger partial charge on any atom is 0.182 e. The van der Waals surface area contributed by atoms with E-state index in [1.54, 1.807) is 0 Å². The summed E-state index contributed by atoms with van der Waals surface area (Å²) in [5, 5.41) is -0.0319. The molecule has 0 atom stereocenters. The molecule has 0 aliphatic heterocycles. The minimum absolute atomic E-state index is 0.0319. The van der Waals surface area contributed by atoms with E-state index in [0.717, 1.165) is 19.3 Å². The summed E-state index contributed by atoms with van der Waals surface area (Å²) in [5.74, 6) is 0.652. The van der Waals surface area contributed by atoms with E-state index in [9.17, 15) is 4.39 Å². The van der Waals surface area contributed by atoms with Crippen LogP contribution in [-0.4, -0.2) is 9.97 Å². The predicted octanol–water partition coefficient (Wildman–Crippen LogP) is 3.66. The van der Waals surface area contributed by atoms with Gasteiger partial charge in [0.25, 0.3) is 0 Å². The van der Waals surface area contributed by atoms with Crippen molar-refractivity contribution in [3.63, 3.8) is 0 Å². The molecule has 2 rings (SSSR count). The van der Waals surface area contributed by atoms with Crippen LogP contribution in [-0.2, 0) is 0 Å². The summed E-state index contributed by atoms with van der Waals surface area (Å²) in [5.41, 5.74) is 0.518. The Labute approximate surface area is 93.9 Å². The minimum atomic E-state index is -0.425. The second-order valence-electron chi connectivity index (χ2n) is 4.35. The Hall–Kier alpha value is -0.700. The molecule has 0 amide bonds. The third-order valence-corrected chi connectivity index (χ3v) is 3.11. The maximum absolute atomic E-state index is 13.7. The molecular weight excluding hydrogens is 215 g/mol.